The van der Waals surface area contributed by atoms with Crippen LogP contribution in [0.4, 0.5) is 0 Å². The molecule has 0 spiro atoms. The Bertz CT molecular complexity index is 526. The molecule has 1 aliphatic rings. The quantitative estimate of drug-likeness (QED) is 0.721. The normalized spacial score (nSPS) is 17.0. The predicted molar refractivity (Wildman–Crippen MR) is 59.6 cm³/mol. The maximum Gasteiger partial charge on any atom is 0.170 e. The Hall–Kier alpha value is -1.71. The van der Waals surface area contributed by atoms with Gasteiger partial charge in [0.2, 0.25) is 0 Å². The zero-order valence-electron chi connectivity index (χ0n) is 8.97. The molecule has 0 radical (unpaired) electrons. The highest BCUT2D eigenvalue weighted by Crippen LogP contribution is 2.33. The summed E-state index contributed by atoms with van der Waals surface area (Å²) in [4.78, 5) is 14.9. The van der Waals surface area contributed by atoms with Crippen LogP contribution in [0.15, 0.2) is 18.5 Å². The van der Waals surface area contributed by atoms with Crippen molar-refractivity contribution in [3.63, 3.8) is 0 Å². The fourth-order valence-corrected chi connectivity index (χ4v) is 2.44. The van der Waals surface area contributed by atoms with Gasteiger partial charge in [-0.3, -0.25) is 4.79 Å². The maximum atomic E-state index is 10.6. The van der Waals surface area contributed by atoms with E-state index in [1.165, 1.54) is 31.2 Å². The van der Waals surface area contributed by atoms with Gasteiger partial charge < -0.3 is 0 Å². The summed E-state index contributed by atoms with van der Waals surface area (Å²) in [5.41, 5.74) is 2.42. The second-order valence-corrected chi connectivity index (χ2v) is 4.36. The van der Waals surface area contributed by atoms with Gasteiger partial charge in [0.15, 0.2) is 11.9 Å². The van der Waals surface area contributed by atoms with E-state index in [1.807, 2.05) is 12.4 Å². The molecule has 0 N–H and O–H groups in total. The molecule has 2 heterocycles. The number of fused-ring (bicyclic) bond motifs is 1. The molecule has 4 nitrogen and oxygen atoms in total. The molecule has 2 aromatic rings. The van der Waals surface area contributed by atoms with Crippen LogP contribution in [0.1, 0.15) is 47.7 Å². The summed E-state index contributed by atoms with van der Waals surface area (Å²) in [6.45, 7) is 0. The third kappa shape index (κ3) is 1.50. The van der Waals surface area contributed by atoms with Gasteiger partial charge in [0.1, 0.15) is 5.69 Å². The number of carbonyl (C=O) groups is 1. The topological polar surface area (TPSA) is 47.3 Å². The minimum absolute atomic E-state index is 0.441. The van der Waals surface area contributed by atoms with Gasteiger partial charge >= 0.3 is 0 Å². The largest absolute Gasteiger partial charge is 0.296 e. The molecule has 4 heteroatoms. The molecule has 82 valence electrons. The van der Waals surface area contributed by atoms with Crippen molar-refractivity contribution in [2.75, 3.05) is 0 Å². The average molecular weight is 215 g/mol. The summed E-state index contributed by atoms with van der Waals surface area (Å²) in [5.74, 6) is 0.626. The fraction of sp³-hybridized carbons (Fsp3) is 0.417. The summed E-state index contributed by atoms with van der Waals surface area (Å²) in [6, 6.07) is 1.70. The van der Waals surface area contributed by atoms with Gasteiger partial charge in [-0.15, -0.1) is 0 Å². The van der Waals surface area contributed by atoms with Gasteiger partial charge in [-0.05, 0) is 24.3 Å². The van der Waals surface area contributed by atoms with Gasteiger partial charge in [-0.25, -0.2) is 9.50 Å². The SMILES string of the molecule is O=Cc1cc2ncc(C3CCCC3)cn2n1. The first-order chi connectivity index (χ1) is 7.86. The second kappa shape index (κ2) is 3.70. The van der Waals surface area contributed by atoms with Gasteiger partial charge in [0.05, 0.1) is 0 Å². The molecule has 1 saturated carbocycles. The van der Waals surface area contributed by atoms with E-state index in [0.29, 0.717) is 11.6 Å². The molecule has 0 atom stereocenters. The van der Waals surface area contributed by atoms with E-state index in [2.05, 4.69) is 10.1 Å². The summed E-state index contributed by atoms with van der Waals surface area (Å²) >= 11 is 0. The van der Waals surface area contributed by atoms with E-state index in [4.69, 9.17) is 0 Å². The third-order valence-corrected chi connectivity index (χ3v) is 3.30. The minimum atomic E-state index is 0.441. The van der Waals surface area contributed by atoms with Crippen molar-refractivity contribution in [1.29, 1.82) is 0 Å². The van der Waals surface area contributed by atoms with Gasteiger partial charge in [0, 0.05) is 18.5 Å². The van der Waals surface area contributed by atoms with Crippen molar-refractivity contribution in [1.82, 2.24) is 14.6 Å². The lowest BCUT2D eigenvalue weighted by atomic mass is 10.0. The van der Waals surface area contributed by atoms with E-state index in [0.717, 1.165) is 11.9 Å². The Balaban J connectivity index is 2.03. The summed E-state index contributed by atoms with van der Waals surface area (Å²) < 4.78 is 1.71. The van der Waals surface area contributed by atoms with Crippen LogP contribution in [0.5, 0.6) is 0 Å². The number of aldehydes is 1. The number of aromatic nitrogens is 3. The molecular weight excluding hydrogens is 202 g/mol. The molecule has 0 unspecified atom stereocenters. The van der Waals surface area contributed by atoms with E-state index >= 15 is 0 Å². The molecule has 16 heavy (non-hydrogen) atoms. The summed E-state index contributed by atoms with van der Waals surface area (Å²) in [5, 5.41) is 4.15. The minimum Gasteiger partial charge on any atom is -0.296 e. The first-order valence-corrected chi connectivity index (χ1v) is 5.67. The van der Waals surface area contributed by atoms with Crippen LogP contribution in [0.2, 0.25) is 0 Å². The molecule has 1 fully saturated rings. The van der Waals surface area contributed by atoms with Gasteiger partial charge in [0.25, 0.3) is 0 Å². The van der Waals surface area contributed by atoms with Crippen molar-refractivity contribution >= 4 is 11.9 Å². The highest BCUT2D eigenvalue weighted by molar-refractivity contribution is 5.73. The molecule has 0 bridgehead atoms. The van der Waals surface area contributed by atoms with Crippen LogP contribution in [0.25, 0.3) is 5.65 Å². The van der Waals surface area contributed by atoms with Crippen molar-refractivity contribution in [3.8, 4) is 0 Å². The fourth-order valence-electron chi connectivity index (χ4n) is 2.44. The molecule has 1 aliphatic carbocycles. The first kappa shape index (κ1) is 9.51. The summed E-state index contributed by atoms with van der Waals surface area (Å²) in [6.07, 6.45) is 9.78. The molecular formula is C12H13N3O. The van der Waals surface area contributed by atoms with Crippen LogP contribution in [-0.2, 0) is 0 Å². The van der Waals surface area contributed by atoms with Crippen molar-refractivity contribution in [2.45, 2.75) is 31.6 Å². The van der Waals surface area contributed by atoms with Crippen LogP contribution in [0.3, 0.4) is 0 Å². The molecule has 2 aromatic heterocycles. The Kier molecular flexibility index (Phi) is 2.20. The van der Waals surface area contributed by atoms with E-state index < -0.39 is 0 Å². The van der Waals surface area contributed by atoms with Crippen molar-refractivity contribution in [2.24, 2.45) is 0 Å². The number of hydrogen-bond acceptors (Lipinski definition) is 3. The first-order valence-electron chi connectivity index (χ1n) is 5.67. The number of nitrogens with zero attached hydrogens (tertiary/aromatic N) is 3. The average Bonchev–Trinajstić information content (AvgIpc) is 2.96. The Morgan fingerprint density at radius 1 is 1.38 bits per heavy atom. The van der Waals surface area contributed by atoms with Crippen LogP contribution in [-0.4, -0.2) is 20.9 Å². The van der Waals surface area contributed by atoms with Crippen molar-refractivity contribution in [3.05, 3.63) is 29.7 Å². The third-order valence-electron chi connectivity index (χ3n) is 3.30. The predicted octanol–water partition coefficient (Wildman–Crippen LogP) is 2.20. The Morgan fingerprint density at radius 3 is 2.94 bits per heavy atom. The number of carbonyl (C=O) groups excluding carboxylic acids is 1. The number of rotatable bonds is 2. The maximum absolute atomic E-state index is 10.6. The molecule has 3 rings (SSSR count). The standard InChI is InChI=1S/C12H13N3O/c16-8-11-5-12-13-6-10(7-15(12)14-11)9-3-1-2-4-9/h5-9H,1-4H2. The van der Waals surface area contributed by atoms with Crippen LogP contribution >= 0.6 is 0 Å². The second-order valence-electron chi connectivity index (χ2n) is 4.36. The van der Waals surface area contributed by atoms with Crippen LogP contribution in [0, 0.1) is 0 Å². The lowest BCUT2D eigenvalue weighted by Crippen LogP contribution is -1.98. The molecule has 0 aliphatic heterocycles. The van der Waals surface area contributed by atoms with Gasteiger partial charge in [-0.2, -0.15) is 5.10 Å². The molecule has 0 aromatic carbocycles. The van der Waals surface area contributed by atoms with Gasteiger partial charge in [-0.1, -0.05) is 12.8 Å². The highest BCUT2D eigenvalue weighted by Gasteiger charge is 2.18. The smallest absolute Gasteiger partial charge is 0.170 e. The zero-order chi connectivity index (χ0) is 11.0. The lowest BCUT2D eigenvalue weighted by molar-refractivity contribution is 0.111. The molecule has 0 amide bonds. The van der Waals surface area contributed by atoms with Crippen molar-refractivity contribution < 1.29 is 4.79 Å². The molecule has 0 saturated heterocycles. The Morgan fingerprint density at radius 2 is 2.19 bits per heavy atom. The highest BCUT2D eigenvalue weighted by atomic mass is 16.1. The number of hydrogen-bond donors (Lipinski definition) is 0. The lowest BCUT2D eigenvalue weighted by Gasteiger charge is -2.08. The van der Waals surface area contributed by atoms with E-state index in [-0.39, 0.29) is 0 Å². The monoisotopic (exact) mass is 215 g/mol. The Labute approximate surface area is 93.3 Å². The van der Waals surface area contributed by atoms with E-state index in [9.17, 15) is 4.79 Å². The van der Waals surface area contributed by atoms with Crippen LogP contribution < -0.4 is 0 Å². The van der Waals surface area contributed by atoms with E-state index in [1.54, 1.807) is 10.6 Å². The summed E-state index contributed by atoms with van der Waals surface area (Å²) in [7, 11) is 0. The zero-order valence-corrected chi connectivity index (χ0v) is 8.97.